The van der Waals surface area contributed by atoms with Gasteiger partial charge in [-0.3, -0.25) is 0 Å². The van der Waals surface area contributed by atoms with Crippen LogP contribution < -0.4 is 4.90 Å². The molecule has 1 saturated carbocycles. The third-order valence-electron chi connectivity index (χ3n) is 5.15. The molecule has 0 bridgehead atoms. The Labute approximate surface area is 138 Å². The van der Waals surface area contributed by atoms with Gasteiger partial charge in [-0.2, -0.15) is 18.4 Å². The van der Waals surface area contributed by atoms with E-state index < -0.39 is 23.3 Å². The van der Waals surface area contributed by atoms with Crippen LogP contribution in [-0.4, -0.2) is 23.9 Å². The maximum atomic E-state index is 13.3. The van der Waals surface area contributed by atoms with Crippen LogP contribution in [0, 0.1) is 30.1 Å². The molecule has 1 aromatic heterocycles. The fourth-order valence-electron chi connectivity index (χ4n) is 4.12. The summed E-state index contributed by atoms with van der Waals surface area (Å²) in [6.07, 6.45) is 0.126. The summed E-state index contributed by atoms with van der Waals surface area (Å²) >= 11 is 0. The minimum atomic E-state index is -4.63. The van der Waals surface area contributed by atoms with Gasteiger partial charge < -0.3 is 9.69 Å². The molecule has 7 heteroatoms. The number of anilines is 1. The molecule has 128 valence electrons. The molecule has 0 radical (unpaired) electrons. The zero-order chi connectivity index (χ0) is 17.5. The number of hydrogen-bond donors (Lipinski definition) is 0. The summed E-state index contributed by atoms with van der Waals surface area (Å²) in [5, 5.41) is 9.33. The van der Waals surface area contributed by atoms with Gasteiger partial charge in [-0.1, -0.05) is 12.8 Å². The summed E-state index contributed by atoms with van der Waals surface area (Å²) in [6.45, 7) is 1.95. The normalized spacial score (nSPS) is 26.8. The lowest BCUT2D eigenvalue weighted by atomic mass is 9.79. The monoisotopic (exact) mass is 337 g/mol. The number of carbonyl (C=O) groups excluding carboxylic acids is 1. The fraction of sp³-hybridized carbons (Fsp3) is 0.588. The molecule has 2 fully saturated rings. The van der Waals surface area contributed by atoms with E-state index in [0.717, 1.165) is 38.0 Å². The van der Waals surface area contributed by atoms with E-state index in [0.29, 0.717) is 6.54 Å². The van der Waals surface area contributed by atoms with Crippen molar-refractivity contribution in [1.29, 1.82) is 5.26 Å². The highest BCUT2D eigenvalue weighted by Crippen LogP contribution is 2.43. The molecule has 0 amide bonds. The molecular weight excluding hydrogens is 319 g/mol. The van der Waals surface area contributed by atoms with Crippen molar-refractivity contribution in [1.82, 2.24) is 4.98 Å². The van der Waals surface area contributed by atoms with Crippen molar-refractivity contribution in [3.05, 3.63) is 22.9 Å². The first-order valence-electron chi connectivity index (χ1n) is 8.07. The van der Waals surface area contributed by atoms with Gasteiger partial charge in [-0.15, -0.1) is 0 Å². The first kappa shape index (κ1) is 16.7. The molecule has 3 atom stereocenters. The standard InChI is InChI=1S/C17H18F3N3O/c1-10-6-14(17(18,19)20)13(7-21)16(22-10)23-8-11-4-2-3-5-12(11)15(23)9-24/h6,9,11-12,15H,2-5,8H2,1H3. The largest absolute Gasteiger partial charge is 0.417 e. The molecular formula is C17H18F3N3O. The van der Waals surface area contributed by atoms with Crippen molar-refractivity contribution >= 4 is 12.1 Å². The van der Waals surface area contributed by atoms with E-state index in [1.165, 1.54) is 6.92 Å². The van der Waals surface area contributed by atoms with Crippen molar-refractivity contribution < 1.29 is 18.0 Å². The SMILES string of the molecule is Cc1cc(C(F)(F)F)c(C#N)c(N2CC3CCCCC3C2C=O)n1. The van der Waals surface area contributed by atoms with E-state index in [2.05, 4.69) is 4.98 Å². The van der Waals surface area contributed by atoms with Gasteiger partial charge in [-0.25, -0.2) is 4.98 Å². The molecule has 0 spiro atoms. The molecule has 2 heterocycles. The Morgan fingerprint density at radius 2 is 2.08 bits per heavy atom. The zero-order valence-electron chi connectivity index (χ0n) is 13.3. The summed E-state index contributed by atoms with van der Waals surface area (Å²) in [4.78, 5) is 17.5. The summed E-state index contributed by atoms with van der Waals surface area (Å²) < 4.78 is 39.9. The van der Waals surface area contributed by atoms with Gasteiger partial charge in [0.05, 0.1) is 11.6 Å². The average molecular weight is 337 g/mol. The highest BCUT2D eigenvalue weighted by molar-refractivity contribution is 5.70. The second-order valence-electron chi connectivity index (χ2n) is 6.61. The van der Waals surface area contributed by atoms with Crippen LogP contribution >= 0.6 is 0 Å². The minimum absolute atomic E-state index is 0.00340. The highest BCUT2D eigenvalue weighted by Gasteiger charge is 2.45. The number of fused-ring (bicyclic) bond motifs is 1. The summed E-state index contributed by atoms with van der Waals surface area (Å²) in [6, 6.07) is 2.05. The smallest absolute Gasteiger partial charge is 0.345 e. The van der Waals surface area contributed by atoms with Gasteiger partial charge >= 0.3 is 6.18 Å². The van der Waals surface area contributed by atoms with E-state index in [-0.39, 0.29) is 23.3 Å². The molecule has 1 saturated heterocycles. The highest BCUT2D eigenvalue weighted by atomic mass is 19.4. The Balaban J connectivity index is 2.10. The topological polar surface area (TPSA) is 57.0 Å². The number of rotatable bonds is 2. The van der Waals surface area contributed by atoms with Crippen LogP contribution in [0.1, 0.15) is 42.5 Å². The Morgan fingerprint density at radius 3 is 2.71 bits per heavy atom. The first-order valence-corrected chi connectivity index (χ1v) is 8.07. The summed E-state index contributed by atoms with van der Waals surface area (Å²) in [5.74, 6) is 0.410. The molecule has 1 aliphatic heterocycles. The summed E-state index contributed by atoms with van der Waals surface area (Å²) in [5.41, 5.74) is -1.28. The lowest BCUT2D eigenvalue weighted by Gasteiger charge is -2.27. The zero-order valence-corrected chi connectivity index (χ0v) is 13.3. The van der Waals surface area contributed by atoms with Crippen molar-refractivity contribution in [3.63, 3.8) is 0 Å². The van der Waals surface area contributed by atoms with Crippen LogP contribution in [0.4, 0.5) is 19.0 Å². The number of alkyl halides is 3. The number of hydrogen-bond acceptors (Lipinski definition) is 4. The van der Waals surface area contributed by atoms with E-state index in [1.54, 1.807) is 11.0 Å². The van der Waals surface area contributed by atoms with Gasteiger partial charge in [0, 0.05) is 12.2 Å². The van der Waals surface area contributed by atoms with Crippen LogP contribution in [0.25, 0.3) is 0 Å². The minimum Gasteiger partial charge on any atom is -0.345 e. The predicted molar refractivity (Wildman–Crippen MR) is 81.3 cm³/mol. The van der Waals surface area contributed by atoms with Crippen molar-refractivity contribution in [2.24, 2.45) is 11.8 Å². The Bertz CT molecular complexity index is 696. The van der Waals surface area contributed by atoms with Crippen LogP contribution in [0.5, 0.6) is 0 Å². The third kappa shape index (κ3) is 2.74. The number of nitriles is 1. The third-order valence-corrected chi connectivity index (χ3v) is 5.15. The molecule has 4 nitrogen and oxygen atoms in total. The number of halogens is 3. The Morgan fingerprint density at radius 1 is 1.38 bits per heavy atom. The van der Waals surface area contributed by atoms with Crippen molar-refractivity contribution in [3.8, 4) is 6.07 Å². The van der Waals surface area contributed by atoms with Crippen LogP contribution in [0.15, 0.2) is 6.07 Å². The van der Waals surface area contributed by atoms with Gasteiger partial charge in [0.1, 0.15) is 23.7 Å². The molecule has 24 heavy (non-hydrogen) atoms. The second kappa shape index (κ2) is 6.08. The number of aryl methyl sites for hydroxylation is 1. The molecule has 0 N–H and O–H groups in total. The molecule has 3 rings (SSSR count). The van der Waals surface area contributed by atoms with E-state index >= 15 is 0 Å². The van der Waals surface area contributed by atoms with Gasteiger partial charge in [0.15, 0.2) is 0 Å². The number of aldehydes is 1. The quantitative estimate of drug-likeness (QED) is 0.776. The van der Waals surface area contributed by atoms with Crippen molar-refractivity contribution in [2.45, 2.75) is 44.8 Å². The number of aromatic nitrogens is 1. The van der Waals surface area contributed by atoms with E-state index in [9.17, 15) is 23.2 Å². The van der Waals surface area contributed by atoms with Crippen molar-refractivity contribution in [2.75, 3.05) is 11.4 Å². The second-order valence-corrected chi connectivity index (χ2v) is 6.61. The summed E-state index contributed by atoms with van der Waals surface area (Å²) in [7, 11) is 0. The van der Waals surface area contributed by atoms with Crippen LogP contribution in [-0.2, 0) is 11.0 Å². The van der Waals surface area contributed by atoms with E-state index in [1.807, 2.05) is 0 Å². The maximum absolute atomic E-state index is 13.3. The van der Waals surface area contributed by atoms with E-state index in [4.69, 9.17) is 0 Å². The predicted octanol–water partition coefficient (Wildman–Crippen LogP) is 3.47. The average Bonchev–Trinajstić information content (AvgIpc) is 2.91. The van der Waals surface area contributed by atoms with Crippen LogP contribution in [0.2, 0.25) is 0 Å². The molecule has 3 unspecified atom stereocenters. The molecule has 1 aliphatic carbocycles. The Hall–Kier alpha value is -2.10. The van der Waals surface area contributed by atoms with Gasteiger partial charge in [-0.05, 0) is 37.7 Å². The molecule has 0 aromatic carbocycles. The maximum Gasteiger partial charge on any atom is 0.417 e. The number of carbonyl (C=O) groups is 1. The Kier molecular flexibility index (Phi) is 4.24. The van der Waals surface area contributed by atoms with Gasteiger partial charge in [0.25, 0.3) is 0 Å². The fourth-order valence-corrected chi connectivity index (χ4v) is 4.12. The molecule has 1 aromatic rings. The van der Waals surface area contributed by atoms with Gasteiger partial charge in [0.2, 0.25) is 0 Å². The first-order chi connectivity index (χ1) is 11.4. The number of pyridine rings is 1. The number of nitrogens with zero attached hydrogens (tertiary/aromatic N) is 3. The van der Waals surface area contributed by atoms with Crippen LogP contribution in [0.3, 0.4) is 0 Å². The lowest BCUT2D eigenvalue weighted by molar-refractivity contribution is -0.137. The molecule has 2 aliphatic rings. The lowest BCUT2D eigenvalue weighted by Crippen LogP contribution is -2.36.